The van der Waals surface area contributed by atoms with E-state index in [9.17, 15) is 22.8 Å². The highest BCUT2D eigenvalue weighted by Gasteiger charge is 2.27. The zero-order valence-corrected chi connectivity index (χ0v) is 12.8. The number of thiophene rings is 1. The molecule has 0 fully saturated rings. The highest BCUT2D eigenvalue weighted by atomic mass is 32.1. The molecule has 0 atom stereocenters. The van der Waals surface area contributed by atoms with Crippen molar-refractivity contribution in [1.82, 2.24) is 5.32 Å². The predicted molar refractivity (Wildman–Crippen MR) is 81.3 cm³/mol. The van der Waals surface area contributed by atoms with Crippen LogP contribution >= 0.6 is 11.3 Å². The maximum Gasteiger partial charge on any atom is 0.389 e. The minimum atomic E-state index is -4.34. The number of ketones is 1. The number of carbonyl (C=O) groups excluding carboxylic acids is 2. The summed E-state index contributed by atoms with van der Waals surface area (Å²) in [7, 11) is 0. The third-order valence-corrected chi connectivity index (χ3v) is 4.10. The number of halogens is 3. The molecule has 7 heteroatoms. The first kappa shape index (κ1) is 17.2. The van der Waals surface area contributed by atoms with E-state index < -0.39 is 24.9 Å². The fourth-order valence-corrected chi connectivity index (χ4v) is 2.77. The van der Waals surface area contributed by atoms with Gasteiger partial charge in [-0.25, -0.2) is 0 Å². The van der Waals surface area contributed by atoms with Gasteiger partial charge >= 0.3 is 6.18 Å². The lowest BCUT2D eigenvalue weighted by molar-refractivity contribution is -0.144. The second-order valence-electron chi connectivity index (χ2n) is 4.85. The van der Waals surface area contributed by atoms with Crippen molar-refractivity contribution in [2.24, 2.45) is 0 Å². The summed E-state index contributed by atoms with van der Waals surface area (Å²) < 4.78 is 36.1. The third-order valence-electron chi connectivity index (χ3n) is 3.02. The second kappa shape index (κ2) is 7.41. The predicted octanol–water partition coefficient (Wildman–Crippen LogP) is 3.94. The summed E-state index contributed by atoms with van der Waals surface area (Å²) in [6, 6.07) is 12.1. The van der Waals surface area contributed by atoms with Gasteiger partial charge in [-0.05, 0) is 12.1 Å². The summed E-state index contributed by atoms with van der Waals surface area (Å²) in [5.41, 5.74) is 0.565. The summed E-state index contributed by atoms with van der Waals surface area (Å²) in [4.78, 5) is 24.8. The Morgan fingerprint density at radius 3 is 2.39 bits per heavy atom. The van der Waals surface area contributed by atoms with Crippen molar-refractivity contribution in [3.8, 4) is 0 Å². The molecule has 23 heavy (non-hydrogen) atoms. The maximum absolute atomic E-state index is 12.2. The van der Waals surface area contributed by atoms with Gasteiger partial charge < -0.3 is 5.32 Å². The molecule has 0 saturated carbocycles. The SMILES string of the molecule is O=C(CCC(F)(F)F)NCc1ccc(C(=O)c2ccccc2)s1. The molecule has 0 aliphatic heterocycles. The number of benzene rings is 1. The minimum absolute atomic E-state index is 0.115. The van der Waals surface area contributed by atoms with E-state index in [1.165, 1.54) is 11.3 Å². The Labute approximate surface area is 135 Å². The normalized spacial score (nSPS) is 11.3. The summed E-state index contributed by atoms with van der Waals surface area (Å²) in [5.74, 6) is -0.781. The Kier molecular flexibility index (Phi) is 5.54. The molecule has 0 aliphatic rings. The molecule has 2 rings (SSSR count). The lowest BCUT2D eigenvalue weighted by atomic mass is 10.1. The first-order valence-electron chi connectivity index (χ1n) is 6.87. The van der Waals surface area contributed by atoms with Gasteiger partial charge in [0, 0.05) is 16.9 Å². The number of hydrogen-bond donors (Lipinski definition) is 1. The minimum Gasteiger partial charge on any atom is -0.351 e. The van der Waals surface area contributed by atoms with Crippen LogP contribution in [0.1, 0.15) is 33.0 Å². The molecule has 0 spiro atoms. The number of hydrogen-bond acceptors (Lipinski definition) is 3. The van der Waals surface area contributed by atoms with Crippen LogP contribution in [0.5, 0.6) is 0 Å². The van der Waals surface area contributed by atoms with E-state index >= 15 is 0 Å². The van der Waals surface area contributed by atoms with Gasteiger partial charge in [0.2, 0.25) is 11.7 Å². The summed E-state index contributed by atoms with van der Waals surface area (Å²) in [5, 5.41) is 2.42. The molecule has 1 aromatic heterocycles. The van der Waals surface area contributed by atoms with Gasteiger partial charge in [0.1, 0.15) is 0 Å². The number of nitrogens with one attached hydrogen (secondary N) is 1. The van der Waals surface area contributed by atoms with Gasteiger partial charge in [-0.3, -0.25) is 9.59 Å². The van der Waals surface area contributed by atoms with Crippen LogP contribution < -0.4 is 5.32 Å². The van der Waals surface area contributed by atoms with Gasteiger partial charge in [0.25, 0.3) is 0 Å². The van der Waals surface area contributed by atoms with Gasteiger partial charge in [-0.2, -0.15) is 13.2 Å². The van der Waals surface area contributed by atoms with E-state index in [-0.39, 0.29) is 12.3 Å². The molecule has 1 N–H and O–H groups in total. The fourth-order valence-electron chi connectivity index (χ4n) is 1.86. The molecule has 0 unspecified atom stereocenters. The summed E-state index contributed by atoms with van der Waals surface area (Å²) in [6.45, 7) is 0.115. The molecule has 122 valence electrons. The van der Waals surface area contributed by atoms with Crippen molar-refractivity contribution in [3.05, 3.63) is 57.8 Å². The summed E-state index contributed by atoms with van der Waals surface area (Å²) >= 11 is 1.21. The Morgan fingerprint density at radius 1 is 1.04 bits per heavy atom. The topological polar surface area (TPSA) is 46.2 Å². The van der Waals surface area contributed by atoms with Crippen molar-refractivity contribution < 1.29 is 22.8 Å². The van der Waals surface area contributed by atoms with Crippen molar-refractivity contribution >= 4 is 23.0 Å². The van der Waals surface area contributed by atoms with Crippen LogP contribution in [-0.2, 0) is 11.3 Å². The van der Waals surface area contributed by atoms with Crippen molar-refractivity contribution in [2.45, 2.75) is 25.6 Å². The van der Waals surface area contributed by atoms with E-state index in [2.05, 4.69) is 5.32 Å². The Bertz CT molecular complexity index is 680. The van der Waals surface area contributed by atoms with Crippen LogP contribution in [-0.4, -0.2) is 17.9 Å². The number of alkyl halides is 3. The van der Waals surface area contributed by atoms with E-state index in [0.717, 1.165) is 0 Å². The monoisotopic (exact) mass is 341 g/mol. The van der Waals surface area contributed by atoms with E-state index in [1.807, 2.05) is 6.07 Å². The van der Waals surface area contributed by atoms with Crippen LogP contribution in [0.4, 0.5) is 13.2 Å². The largest absolute Gasteiger partial charge is 0.389 e. The molecular weight excluding hydrogens is 327 g/mol. The zero-order chi connectivity index (χ0) is 16.9. The molecule has 0 radical (unpaired) electrons. The zero-order valence-electron chi connectivity index (χ0n) is 12.0. The second-order valence-corrected chi connectivity index (χ2v) is 6.02. The van der Waals surface area contributed by atoms with Crippen molar-refractivity contribution in [1.29, 1.82) is 0 Å². The van der Waals surface area contributed by atoms with E-state index in [4.69, 9.17) is 0 Å². The van der Waals surface area contributed by atoms with E-state index in [0.29, 0.717) is 15.3 Å². The molecule has 3 nitrogen and oxygen atoms in total. The highest BCUT2D eigenvalue weighted by molar-refractivity contribution is 7.14. The molecule has 1 amide bonds. The average molecular weight is 341 g/mol. The molecule has 0 bridgehead atoms. The van der Waals surface area contributed by atoms with Crippen LogP contribution in [0.2, 0.25) is 0 Å². The van der Waals surface area contributed by atoms with Crippen LogP contribution in [0.25, 0.3) is 0 Å². The number of rotatable bonds is 6. The number of carbonyl (C=O) groups is 2. The Morgan fingerprint density at radius 2 is 1.74 bits per heavy atom. The quantitative estimate of drug-likeness (QED) is 0.809. The molecule has 2 aromatic rings. The van der Waals surface area contributed by atoms with Crippen molar-refractivity contribution in [2.75, 3.05) is 0 Å². The molecule has 0 aliphatic carbocycles. The van der Waals surface area contributed by atoms with Crippen LogP contribution in [0.3, 0.4) is 0 Å². The molecule has 0 saturated heterocycles. The third kappa shape index (κ3) is 5.52. The lowest BCUT2D eigenvalue weighted by Crippen LogP contribution is -2.24. The lowest BCUT2D eigenvalue weighted by Gasteiger charge is -2.06. The summed E-state index contributed by atoms with van der Waals surface area (Å²) in [6.07, 6.45) is -6.07. The first-order chi connectivity index (χ1) is 10.8. The molecular formula is C16H14F3NO2S. The first-order valence-corrected chi connectivity index (χ1v) is 7.69. The van der Waals surface area contributed by atoms with Crippen molar-refractivity contribution in [3.63, 3.8) is 0 Å². The smallest absolute Gasteiger partial charge is 0.351 e. The molecule has 1 heterocycles. The average Bonchev–Trinajstić information content (AvgIpc) is 2.99. The van der Waals surface area contributed by atoms with Crippen LogP contribution in [0.15, 0.2) is 42.5 Å². The molecule has 1 aromatic carbocycles. The van der Waals surface area contributed by atoms with Gasteiger partial charge in [-0.15, -0.1) is 11.3 Å². The standard InChI is InChI=1S/C16H14F3NO2S/c17-16(18,19)9-8-14(21)20-10-12-6-7-13(23-12)15(22)11-4-2-1-3-5-11/h1-7H,8-10H2,(H,20,21). The van der Waals surface area contributed by atoms with Gasteiger partial charge in [-0.1, -0.05) is 30.3 Å². The Balaban J connectivity index is 1.88. The Hall–Kier alpha value is -2.15. The van der Waals surface area contributed by atoms with Gasteiger partial charge in [0.05, 0.1) is 17.8 Å². The van der Waals surface area contributed by atoms with Gasteiger partial charge in [0.15, 0.2) is 0 Å². The van der Waals surface area contributed by atoms with Crippen LogP contribution in [0, 0.1) is 0 Å². The maximum atomic E-state index is 12.2. The fraction of sp³-hybridized carbons (Fsp3) is 0.250. The number of amides is 1. The highest BCUT2D eigenvalue weighted by Crippen LogP contribution is 2.22. The van der Waals surface area contributed by atoms with E-state index in [1.54, 1.807) is 36.4 Å².